The Kier molecular flexibility index (Phi) is 7.05. The van der Waals surface area contributed by atoms with E-state index in [0.29, 0.717) is 18.9 Å². The predicted molar refractivity (Wildman–Crippen MR) is 111 cm³/mol. The molecule has 0 aliphatic carbocycles. The molecule has 1 aliphatic heterocycles. The largest absolute Gasteiger partial charge is 0.395 e. The second-order valence-corrected chi connectivity index (χ2v) is 8.65. The maximum absolute atomic E-state index is 12.1. The predicted octanol–water partition coefficient (Wildman–Crippen LogP) is 3.11. The molecule has 0 radical (unpaired) electrons. The molecule has 1 saturated heterocycles. The monoisotopic (exact) mass is 386 g/mol. The van der Waals surface area contributed by atoms with Gasteiger partial charge in [0, 0.05) is 31.6 Å². The fourth-order valence-electron chi connectivity index (χ4n) is 3.70. The zero-order valence-corrected chi connectivity index (χ0v) is 17.2. The van der Waals surface area contributed by atoms with E-state index in [-0.39, 0.29) is 12.5 Å². The van der Waals surface area contributed by atoms with Crippen molar-refractivity contribution < 1.29 is 9.90 Å². The SMILES string of the molecule is Cc1ccsc1CN1CCC(Cc2ccc(CC(=O)N(C)CCO)cc2)C1. The average Bonchev–Trinajstić information content (AvgIpc) is 3.26. The topological polar surface area (TPSA) is 43.8 Å². The van der Waals surface area contributed by atoms with Crippen LogP contribution >= 0.6 is 11.3 Å². The Labute approximate surface area is 166 Å². The fourth-order valence-corrected chi connectivity index (χ4v) is 4.65. The number of likely N-dealkylation sites (tertiary alicyclic amines) is 1. The Morgan fingerprint density at radius 1 is 1.26 bits per heavy atom. The lowest BCUT2D eigenvalue weighted by atomic mass is 9.97. The van der Waals surface area contributed by atoms with Crippen LogP contribution in [0.5, 0.6) is 0 Å². The highest BCUT2D eigenvalue weighted by atomic mass is 32.1. The first-order valence-electron chi connectivity index (χ1n) is 9.73. The van der Waals surface area contributed by atoms with E-state index in [1.165, 1.54) is 35.5 Å². The standard InChI is InChI=1S/C22H30N2O2S/c1-17-8-12-27-21(17)16-24-9-7-20(15-24)13-18-3-5-19(6-4-18)14-22(26)23(2)10-11-25/h3-6,8,12,20,25H,7,9-11,13-16H2,1-2H3. The number of rotatable bonds is 8. The van der Waals surface area contributed by atoms with Crippen LogP contribution in [0.15, 0.2) is 35.7 Å². The number of amides is 1. The van der Waals surface area contributed by atoms with Gasteiger partial charge < -0.3 is 10.0 Å². The number of benzene rings is 1. The minimum Gasteiger partial charge on any atom is -0.395 e. The van der Waals surface area contributed by atoms with Gasteiger partial charge in [0.15, 0.2) is 0 Å². The molecule has 1 aromatic heterocycles. The van der Waals surface area contributed by atoms with Gasteiger partial charge >= 0.3 is 0 Å². The minimum atomic E-state index is 0.00559. The normalized spacial score (nSPS) is 17.4. The Balaban J connectivity index is 1.47. The van der Waals surface area contributed by atoms with E-state index in [1.807, 2.05) is 11.3 Å². The summed E-state index contributed by atoms with van der Waals surface area (Å²) in [6, 6.07) is 10.7. The maximum Gasteiger partial charge on any atom is 0.226 e. The second kappa shape index (κ2) is 9.49. The molecule has 5 heteroatoms. The van der Waals surface area contributed by atoms with Gasteiger partial charge in [0.1, 0.15) is 0 Å². The molecule has 146 valence electrons. The van der Waals surface area contributed by atoms with E-state index in [0.717, 1.165) is 18.5 Å². The van der Waals surface area contributed by atoms with Crippen molar-refractivity contribution in [3.8, 4) is 0 Å². The van der Waals surface area contributed by atoms with E-state index in [2.05, 4.69) is 47.5 Å². The summed E-state index contributed by atoms with van der Waals surface area (Å²) in [5, 5.41) is 11.1. The number of thiophene rings is 1. The molecule has 1 aromatic carbocycles. The highest BCUT2D eigenvalue weighted by Crippen LogP contribution is 2.25. The zero-order chi connectivity index (χ0) is 19.2. The number of carbonyl (C=O) groups is 1. The maximum atomic E-state index is 12.1. The smallest absolute Gasteiger partial charge is 0.226 e. The van der Waals surface area contributed by atoms with Crippen LogP contribution in [0.2, 0.25) is 0 Å². The van der Waals surface area contributed by atoms with E-state index in [4.69, 9.17) is 5.11 Å². The van der Waals surface area contributed by atoms with E-state index in [9.17, 15) is 4.79 Å². The molecule has 1 amide bonds. The first-order valence-corrected chi connectivity index (χ1v) is 10.6. The number of hydrogen-bond acceptors (Lipinski definition) is 4. The third-order valence-corrected chi connectivity index (χ3v) is 6.48. The van der Waals surface area contributed by atoms with E-state index >= 15 is 0 Å². The quantitative estimate of drug-likeness (QED) is 0.758. The summed E-state index contributed by atoms with van der Waals surface area (Å²) in [6.07, 6.45) is 2.77. The molecule has 4 nitrogen and oxygen atoms in total. The molecule has 27 heavy (non-hydrogen) atoms. The van der Waals surface area contributed by atoms with Gasteiger partial charge in [-0.25, -0.2) is 0 Å². The fraction of sp³-hybridized carbons (Fsp3) is 0.500. The van der Waals surface area contributed by atoms with Crippen LogP contribution in [0.1, 0.15) is 28.0 Å². The van der Waals surface area contributed by atoms with Crippen molar-refractivity contribution in [2.45, 2.75) is 32.7 Å². The molecule has 0 bridgehead atoms. The van der Waals surface area contributed by atoms with Crippen LogP contribution in [-0.4, -0.2) is 54.1 Å². The minimum absolute atomic E-state index is 0.00559. The summed E-state index contributed by atoms with van der Waals surface area (Å²) >= 11 is 1.87. The Hall–Kier alpha value is -1.69. The highest BCUT2D eigenvalue weighted by Gasteiger charge is 2.23. The number of hydrogen-bond donors (Lipinski definition) is 1. The van der Waals surface area contributed by atoms with Crippen molar-refractivity contribution >= 4 is 17.2 Å². The Bertz CT molecular complexity index is 741. The van der Waals surface area contributed by atoms with Gasteiger partial charge in [0.2, 0.25) is 5.91 Å². The molecule has 2 heterocycles. The van der Waals surface area contributed by atoms with Crippen LogP contribution in [0.25, 0.3) is 0 Å². The van der Waals surface area contributed by atoms with Gasteiger partial charge in [0.05, 0.1) is 13.0 Å². The Morgan fingerprint density at radius 3 is 2.67 bits per heavy atom. The summed E-state index contributed by atoms with van der Waals surface area (Å²) < 4.78 is 0. The van der Waals surface area contributed by atoms with Crippen LogP contribution in [0.4, 0.5) is 0 Å². The van der Waals surface area contributed by atoms with Gasteiger partial charge in [-0.2, -0.15) is 0 Å². The van der Waals surface area contributed by atoms with Crippen molar-refractivity contribution in [3.63, 3.8) is 0 Å². The third kappa shape index (κ3) is 5.64. The lowest BCUT2D eigenvalue weighted by molar-refractivity contribution is -0.129. The van der Waals surface area contributed by atoms with Gasteiger partial charge in [-0.15, -0.1) is 11.3 Å². The van der Waals surface area contributed by atoms with Gasteiger partial charge in [-0.3, -0.25) is 9.69 Å². The van der Waals surface area contributed by atoms with Crippen molar-refractivity contribution in [3.05, 3.63) is 57.3 Å². The first kappa shape index (κ1) is 20.1. The van der Waals surface area contributed by atoms with E-state index in [1.54, 1.807) is 11.9 Å². The number of aliphatic hydroxyl groups excluding tert-OH is 1. The lowest BCUT2D eigenvalue weighted by Gasteiger charge is -2.16. The summed E-state index contributed by atoms with van der Waals surface area (Å²) in [4.78, 5) is 17.7. The van der Waals surface area contributed by atoms with Crippen LogP contribution < -0.4 is 0 Å². The van der Waals surface area contributed by atoms with Crippen LogP contribution in [0, 0.1) is 12.8 Å². The number of carbonyl (C=O) groups excluding carboxylic acids is 1. The zero-order valence-electron chi connectivity index (χ0n) is 16.4. The summed E-state index contributed by atoms with van der Waals surface area (Å²) in [5.74, 6) is 0.764. The molecule has 3 rings (SSSR count). The third-order valence-electron chi connectivity index (χ3n) is 5.47. The Morgan fingerprint density at radius 2 is 2.00 bits per heavy atom. The molecule has 1 atom stereocenters. The summed E-state index contributed by atoms with van der Waals surface area (Å²) in [6.45, 7) is 6.04. The number of nitrogens with zero attached hydrogens (tertiary/aromatic N) is 2. The molecular formula is C22H30N2O2S. The van der Waals surface area contributed by atoms with Crippen LogP contribution in [-0.2, 0) is 24.2 Å². The number of likely N-dealkylation sites (N-methyl/N-ethyl adjacent to an activating group) is 1. The molecular weight excluding hydrogens is 356 g/mol. The molecule has 2 aromatic rings. The number of aryl methyl sites for hydroxylation is 1. The van der Waals surface area contributed by atoms with Gasteiger partial charge in [-0.05, 0) is 60.4 Å². The van der Waals surface area contributed by atoms with Crippen LogP contribution in [0.3, 0.4) is 0 Å². The molecule has 1 N–H and O–H groups in total. The molecule has 0 saturated carbocycles. The van der Waals surface area contributed by atoms with Crippen molar-refractivity contribution in [1.29, 1.82) is 0 Å². The molecule has 0 spiro atoms. The first-order chi connectivity index (χ1) is 13.0. The molecule has 1 aliphatic rings. The van der Waals surface area contributed by atoms with Crippen molar-refractivity contribution in [1.82, 2.24) is 9.80 Å². The molecule has 1 unspecified atom stereocenters. The summed E-state index contributed by atoms with van der Waals surface area (Å²) in [5.41, 5.74) is 3.81. The highest BCUT2D eigenvalue weighted by molar-refractivity contribution is 7.10. The van der Waals surface area contributed by atoms with E-state index < -0.39 is 0 Å². The van der Waals surface area contributed by atoms with Gasteiger partial charge in [-0.1, -0.05) is 24.3 Å². The molecule has 1 fully saturated rings. The van der Waals surface area contributed by atoms with Crippen molar-refractivity contribution in [2.24, 2.45) is 5.92 Å². The average molecular weight is 387 g/mol. The number of aliphatic hydroxyl groups is 1. The van der Waals surface area contributed by atoms with Crippen molar-refractivity contribution in [2.75, 3.05) is 33.3 Å². The van der Waals surface area contributed by atoms with Gasteiger partial charge in [0.25, 0.3) is 0 Å². The lowest BCUT2D eigenvalue weighted by Crippen LogP contribution is -2.30. The second-order valence-electron chi connectivity index (χ2n) is 7.65. The summed E-state index contributed by atoms with van der Waals surface area (Å²) in [7, 11) is 1.73.